The Hall–Kier alpha value is -1.46. The molecule has 0 heterocycles. The number of hydrogen-bond donors (Lipinski definition) is 1. The number of nitrogens with two attached hydrogens (primary N) is 1. The van der Waals surface area contributed by atoms with E-state index in [1.165, 1.54) is 0 Å². The van der Waals surface area contributed by atoms with Crippen LogP contribution in [0.25, 0.3) is 0 Å². The number of esters is 1. The summed E-state index contributed by atoms with van der Waals surface area (Å²) in [6.07, 6.45) is 0.0869. The molecule has 0 aliphatic heterocycles. The Morgan fingerprint density at radius 3 is 2.15 bits per heavy atom. The molecule has 1 aromatic carbocycles. The molecule has 0 amide bonds. The molecular weight excluding hydrogens is 282 g/mol. The number of halogens is 1. The number of benzene rings is 1. The fourth-order valence-electron chi connectivity index (χ4n) is 1.94. The van der Waals surface area contributed by atoms with Gasteiger partial charge in [0.2, 0.25) is 0 Å². The van der Waals surface area contributed by atoms with Gasteiger partial charge in [-0.2, -0.15) is 0 Å². The third kappa shape index (κ3) is 4.58. The number of carbonyl (C=O) groups is 1. The van der Waals surface area contributed by atoms with Crippen LogP contribution in [-0.2, 0) is 9.53 Å². The van der Waals surface area contributed by atoms with Crippen molar-refractivity contribution in [3.8, 4) is 11.5 Å². The van der Waals surface area contributed by atoms with Crippen molar-refractivity contribution in [2.24, 2.45) is 5.73 Å². The van der Waals surface area contributed by atoms with Crippen LogP contribution in [0, 0.1) is 6.92 Å². The SMILES string of the molecule is CCOC(=O)C[C@@H](N)c1c(OC)cc(C)cc1OC.Cl. The molecule has 1 rings (SSSR count). The first-order valence-electron chi connectivity index (χ1n) is 6.17. The average molecular weight is 304 g/mol. The Bertz CT molecular complexity index is 426. The Balaban J connectivity index is 0.00000361. The van der Waals surface area contributed by atoms with Gasteiger partial charge in [-0.15, -0.1) is 12.4 Å². The second kappa shape index (κ2) is 8.66. The van der Waals surface area contributed by atoms with Crippen molar-refractivity contribution in [1.82, 2.24) is 0 Å². The van der Waals surface area contributed by atoms with Gasteiger partial charge < -0.3 is 19.9 Å². The van der Waals surface area contributed by atoms with Crippen LogP contribution in [0.3, 0.4) is 0 Å². The molecule has 5 nitrogen and oxygen atoms in total. The second-order valence-electron chi connectivity index (χ2n) is 4.20. The Morgan fingerprint density at radius 2 is 1.75 bits per heavy atom. The third-order valence-electron chi connectivity index (χ3n) is 2.75. The lowest BCUT2D eigenvalue weighted by Crippen LogP contribution is -2.19. The summed E-state index contributed by atoms with van der Waals surface area (Å²) in [5.74, 6) is 0.905. The van der Waals surface area contributed by atoms with Crippen molar-refractivity contribution < 1.29 is 19.0 Å². The van der Waals surface area contributed by atoms with Crippen LogP contribution in [0.15, 0.2) is 12.1 Å². The van der Waals surface area contributed by atoms with E-state index in [2.05, 4.69) is 0 Å². The molecule has 0 saturated carbocycles. The van der Waals surface area contributed by atoms with Gasteiger partial charge in [-0.05, 0) is 31.5 Å². The quantitative estimate of drug-likeness (QED) is 0.817. The zero-order chi connectivity index (χ0) is 14.4. The predicted molar refractivity (Wildman–Crippen MR) is 79.7 cm³/mol. The predicted octanol–water partition coefficient (Wildman–Crippen LogP) is 2.39. The lowest BCUT2D eigenvalue weighted by molar-refractivity contribution is -0.143. The van der Waals surface area contributed by atoms with E-state index in [9.17, 15) is 4.79 Å². The first kappa shape index (κ1) is 18.5. The van der Waals surface area contributed by atoms with Gasteiger partial charge in [0.25, 0.3) is 0 Å². The maximum Gasteiger partial charge on any atom is 0.307 e. The van der Waals surface area contributed by atoms with E-state index in [-0.39, 0.29) is 24.8 Å². The molecule has 1 atom stereocenters. The molecule has 0 unspecified atom stereocenters. The first-order chi connectivity index (χ1) is 9.03. The fourth-order valence-corrected chi connectivity index (χ4v) is 1.94. The molecule has 0 bridgehead atoms. The second-order valence-corrected chi connectivity index (χ2v) is 4.20. The molecule has 0 aromatic heterocycles. The number of carbonyl (C=O) groups excluding carboxylic acids is 1. The molecule has 0 spiro atoms. The lowest BCUT2D eigenvalue weighted by atomic mass is 10.0. The third-order valence-corrected chi connectivity index (χ3v) is 2.75. The van der Waals surface area contributed by atoms with Crippen molar-refractivity contribution in [2.75, 3.05) is 20.8 Å². The molecule has 0 radical (unpaired) electrons. The minimum Gasteiger partial charge on any atom is -0.496 e. The summed E-state index contributed by atoms with van der Waals surface area (Å²) >= 11 is 0. The van der Waals surface area contributed by atoms with Crippen LogP contribution >= 0.6 is 12.4 Å². The largest absolute Gasteiger partial charge is 0.496 e. The van der Waals surface area contributed by atoms with Crippen LogP contribution in [0.4, 0.5) is 0 Å². The highest BCUT2D eigenvalue weighted by Crippen LogP contribution is 2.35. The van der Waals surface area contributed by atoms with Crippen LogP contribution in [-0.4, -0.2) is 26.8 Å². The topological polar surface area (TPSA) is 70.8 Å². The van der Waals surface area contributed by atoms with E-state index in [0.717, 1.165) is 5.56 Å². The van der Waals surface area contributed by atoms with Crippen molar-refractivity contribution >= 4 is 18.4 Å². The minimum absolute atomic E-state index is 0. The van der Waals surface area contributed by atoms with Crippen LogP contribution in [0.5, 0.6) is 11.5 Å². The summed E-state index contributed by atoms with van der Waals surface area (Å²) in [5, 5.41) is 0. The number of rotatable bonds is 6. The van der Waals surface area contributed by atoms with Gasteiger partial charge in [0.1, 0.15) is 11.5 Å². The number of ether oxygens (including phenoxy) is 3. The maximum atomic E-state index is 11.5. The fraction of sp³-hybridized carbons (Fsp3) is 0.500. The van der Waals surface area contributed by atoms with Crippen molar-refractivity contribution in [2.45, 2.75) is 26.3 Å². The molecule has 1 aromatic rings. The van der Waals surface area contributed by atoms with Gasteiger partial charge in [-0.1, -0.05) is 0 Å². The molecule has 0 aliphatic carbocycles. The summed E-state index contributed by atoms with van der Waals surface area (Å²) in [5.41, 5.74) is 7.75. The molecule has 0 saturated heterocycles. The van der Waals surface area contributed by atoms with Crippen molar-refractivity contribution in [3.05, 3.63) is 23.3 Å². The van der Waals surface area contributed by atoms with Crippen molar-refractivity contribution in [1.29, 1.82) is 0 Å². The Kier molecular flexibility index (Phi) is 8.03. The molecule has 114 valence electrons. The van der Waals surface area contributed by atoms with Crippen LogP contribution in [0.1, 0.15) is 30.5 Å². The number of hydrogen-bond acceptors (Lipinski definition) is 5. The Labute approximate surface area is 125 Å². The van der Waals surface area contributed by atoms with Gasteiger partial charge in [-0.3, -0.25) is 4.79 Å². The smallest absolute Gasteiger partial charge is 0.307 e. The molecular formula is C14H22ClNO4. The highest BCUT2D eigenvalue weighted by atomic mass is 35.5. The van der Waals surface area contributed by atoms with Crippen molar-refractivity contribution in [3.63, 3.8) is 0 Å². The van der Waals surface area contributed by atoms with Gasteiger partial charge in [0, 0.05) is 6.04 Å². The standard InChI is InChI=1S/C14H21NO4.ClH/c1-5-19-13(16)8-10(15)14-11(17-3)6-9(2)7-12(14)18-4;/h6-7,10H,5,8,15H2,1-4H3;1H/t10-;/m1./s1. The van der Waals surface area contributed by atoms with E-state index in [1.54, 1.807) is 21.1 Å². The molecule has 0 fully saturated rings. The monoisotopic (exact) mass is 303 g/mol. The van der Waals surface area contributed by atoms with E-state index < -0.39 is 6.04 Å². The van der Waals surface area contributed by atoms with Gasteiger partial charge >= 0.3 is 5.97 Å². The Morgan fingerprint density at radius 1 is 1.25 bits per heavy atom. The van der Waals surface area contributed by atoms with E-state index in [1.807, 2.05) is 19.1 Å². The first-order valence-corrected chi connectivity index (χ1v) is 6.17. The zero-order valence-corrected chi connectivity index (χ0v) is 13.1. The normalized spacial score (nSPS) is 11.2. The zero-order valence-electron chi connectivity index (χ0n) is 12.3. The number of methoxy groups -OCH3 is 2. The number of aryl methyl sites for hydroxylation is 1. The molecule has 0 aliphatic rings. The average Bonchev–Trinajstić information content (AvgIpc) is 2.37. The van der Waals surface area contributed by atoms with Crippen LogP contribution in [0.2, 0.25) is 0 Å². The van der Waals surface area contributed by atoms with E-state index >= 15 is 0 Å². The van der Waals surface area contributed by atoms with E-state index in [0.29, 0.717) is 23.7 Å². The molecule has 6 heteroatoms. The summed E-state index contributed by atoms with van der Waals surface area (Å²) in [4.78, 5) is 11.5. The van der Waals surface area contributed by atoms with Gasteiger partial charge in [-0.25, -0.2) is 0 Å². The van der Waals surface area contributed by atoms with Gasteiger partial charge in [0.15, 0.2) is 0 Å². The maximum absolute atomic E-state index is 11.5. The molecule has 2 N–H and O–H groups in total. The van der Waals surface area contributed by atoms with Gasteiger partial charge in [0.05, 0.1) is 32.8 Å². The highest BCUT2D eigenvalue weighted by molar-refractivity contribution is 5.85. The van der Waals surface area contributed by atoms with E-state index in [4.69, 9.17) is 19.9 Å². The summed E-state index contributed by atoms with van der Waals surface area (Å²) in [6.45, 7) is 4.04. The minimum atomic E-state index is -0.524. The lowest BCUT2D eigenvalue weighted by Gasteiger charge is -2.19. The molecule has 20 heavy (non-hydrogen) atoms. The summed E-state index contributed by atoms with van der Waals surface area (Å²) < 4.78 is 15.5. The summed E-state index contributed by atoms with van der Waals surface area (Å²) in [6, 6.07) is 3.20. The van der Waals surface area contributed by atoms with Crippen LogP contribution < -0.4 is 15.2 Å². The highest BCUT2D eigenvalue weighted by Gasteiger charge is 2.21. The summed E-state index contributed by atoms with van der Waals surface area (Å²) in [7, 11) is 3.13.